The van der Waals surface area contributed by atoms with Crippen LogP contribution in [0.3, 0.4) is 0 Å². The van der Waals surface area contributed by atoms with Crippen LogP contribution in [0.1, 0.15) is 50.6 Å². The molecule has 0 saturated heterocycles. The average Bonchev–Trinajstić information content (AvgIpc) is 2.50. The molecule has 1 aliphatic rings. The van der Waals surface area contributed by atoms with E-state index in [2.05, 4.69) is 28.1 Å². The molecule has 2 rings (SSSR count). The number of hydrogen-bond acceptors (Lipinski definition) is 4. The zero-order chi connectivity index (χ0) is 14.2. The lowest BCUT2D eigenvalue weighted by Gasteiger charge is -2.24. The zero-order valence-electron chi connectivity index (χ0n) is 12.6. The highest BCUT2D eigenvalue weighted by Gasteiger charge is 2.17. The van der Waals surface area contributed by atoms with Gasteiger partial charge >= 0.3 is 0 Å². The lowest BCUT2D eigenvalue weighted by atomic mass is 10.0. The molecule has 20 heavy (non-hydrogen) atoms. The molecule has 4 heteroatoms. The van der Waals surface area contributed by atoms with Gasteiger partial charge in [-0.1, -0.05) is 19.3 Å². The Morgan fingerprint density at radius 3 is 2.85 bits per heavy atom. The van der Waals surface area contributed by atoms with E-state index in [0.29, 0.717) is 12.6 Å². The summed E-state index contributed by atoms with van der Waals surface area (Å²) in [4.78, 5) is 4.29. The number of ether oxygens (including phenoxy) is 1. The molecule has 0 radical (unpaired) electrons. The minimum absolute atomic E-state index is 0.356. The first kappa shape index (κ1) is 15.6. The van der Waals surface area contributed by atoms with E-state index in [1.54, 1.807) is 6.20 Å². The van der Waals surface area contributed by atoms with Gasteiger partial charge in [0.2, 0.25) is 0 Å². The summed E-state index contributed by atoms with van der Waals surface area (Å²) in [5, 5.41) is 4.26. The Balaban J connectivity index is 1.91. The van der Waals surface area contributed by atoms with Crippen molar-refractivity contribution in [1.29, 1.82) is 0 Å². The number of thioether (sulfide) groups is 1. The Bertz CT molecular complexity index is 394. The highest BCUT2D eigenvalue weighted by atomic mass is 32.2. The van der Waals surface area contributed by atoms with Crippen LogP contribution in [0.15, 0.2) is 18.5 Å². The monoisotopic (exact) mass is 294 g/mol. The summed E-state index contributed by atoms with van der Waals surface area (Å²) in [6.45, 7) is 2.69. The molecule has 0 spiro atoms. The Hall–Kier alpha value is -0.740. The van der Waals surface area contributed by atoms with Gasteiger partial charge in [0.25, 0.3) is 0 Å². The number of nitrogens with zero attached hydrogens (tertiary/aromatic N) is 1. The molecular weight excluding hydrogens is 268 g/mol. The zero-order valence-corrected chi connectivity index (χ0v) is 13.4. The van der Waals surface area contributed by atoms with E-state index in [1.165, 1.54) is 37.7 Å². The number of rotatable bonds is 7. The van der Waals surface area contributed by atoms with Crippen LogP contribution < -0.4 is 10.1 Å². The standard InChI is InChI=1S/C16H26N2OS/c1-3-19-14-9-13(10-18-11-14)16(17-2)12-20-15-7-5-4-6-8-15/h9-11,15-17H,3-8,12H2,1-2H3. The molecule has 1 aliphatic carbocycles. The molecule has 1 atom stereocenters. The summed E-state index contributed by atoms with van der Waals surface area (Å²) >= 11 is 2.11. The van der Waals surface area contributed by atoms with E-state index in [4.69, 9.17) is 4.74 Å². The summed E-state index contributed by atoms with van der Waals surface area (Å²) in [6, 6.07) is 2.47. The second-order valence-electron chi connectivity index (χ2n) is 5.32. The van der Waals surface area contributed by atoms with Crippen LogP contribution in [0, 0.1) is 0 Å². The smallest absolute Gasteiger partial charge is 0.137 e. The first-order valence-corrected chi connectivity index (χ1v) is 8.75. The van der Waals surface area contributed by atoms with Gasteiger partial charge in [0.05, 0.1) is 12.8 Å². The fourth-order valence-corrected chi connectivity index (χ4v) is 4.17. The minimum Gasteiger partial charge on any atom is -0.492 e. The van der Waals surface area contributed by atoms with Gasteiger partial charge in [-0.3, -0.25) is 4.98 Å². The molecule has 0 aliphatic heterocycles. The fourth-order valence-electron chi connectivity index (χ4n) is 2.68. The normalized spacial score (nSPS) is 17.9. The molecule has 1 aromatic rings. The maximum Gasteiger partial charge on any atom is 0.137 e. The fraction of sp³-hybridized carbons (Fsp3) is 0.688. The minimum atomic E-state index is 0.356. The van der Waals surface area contributed by atoms with Gasteiger partial charge in [-0.05, 0) is 38.4 Å². The lowest BCUT2D eigenvalue weighted by molar-refractivity contribution is 0.338. The van der Waals surface area contributed by atoms with Crippen LogP contribution in [0.25, 0.3) is 0 Å². The van der Waals surface area contributed by atoms with Crippen molar-refractivity contribution in [3.8, 4) is 5.75 Å². The molecule has 3 nitrogen and oxygen atoms in total. The van der Waals surface area contributed by atoms with Crippen molar-refractivity contribution in [3.05, 3.63) is 24.0 Å². The summed E-state index contributed by atoms with van der Waals surface area (Å²) in [7, 11) is 2.03. The summed E-state index contributed by atoms with van der Waals surface area (Å²) in [5.41, 5.74) is 1.22. The molecule has 0 amide bonds. The highest BCUT2D eigenvalue weighted by molar-refractivity contribution is 7.99. The molecular formula is C16H26N2OS. The Morgan fingerprint density at radius 2 is 2.15 bits per heavy atom. The van der Waals surface area contributed by atoms with E-state index in [-0.39, 0.29) is 0 Å². The molecule has 1 aromatic heterocycles. The Kier molecular flexibility index (Phi) is 6.67. The van der Waals surface area contributed by atoms with Gasteiger partial charge in [0.1, 0.15) is 5.75 Å². The summed E-state index contributed by atoms with van der Waals surface area (Å²) in [6.07, 6.45) is 10.7. The van der Waals surface area contributed by atoms with E-state index < -0.39 is 0 Å². The van der Waals surface area contributed by atoms with Crippen LogP contribution in [0.2, 0.25) is 0 Å². The molecule has 0 bridgehead atoms. The summed E-state index contributed by atoms with van der Waals surface area (Å²) in [5.74, 6) is 1.98. The lowest BCUT2D eigenvalue weighted by Crippen LogP contribution is -2.21. The van der Waals surface area contributed by atoms with Gasteiger partial charge in [0.15, 0.2) is 0 Å². The van der Waals surface area contributed by atoms with E-state index in [1.807, 2.05) is 20.2 Å². The van der Waals surface area contributed by atoms with Crippen LogP contribution in [0.4, 0.5) is 0 Å². The number of nitrogens with one attached hydrogen (secondary N) is 1. The highest BCUT2D eigenvalue weighted by Crippen LogP contribution is 2.31. The van der Waals surface area contributed by atoms with Crippen molar-refractivity contribution in [3.63, 3.8) is 0 Å². The Morgan fingerprint density at radius 1 is 1.35 bits per heavy atom. The van der Waals surface area contributed by atoms with E-state index >= 15 is 0 Å². The van der Waals surface area contributed by atoms with Gasteiger partial charge < -0.3 is 10.1 Å². The molecule has 0 aromatic carbocycles. The third-order valence-corrected chi connectivity index (χ3v) is 5.32. The van der Waals surface area contributed by atoms with Gasteiger partial charge in [-0.25, -0.2) is 0 Å². The van der Waals surface area contributed by atoms with Crippen molar-refractivity contribution in [1.82, 2.24) is 10.3 Å². The van der Waals surface area contributed by atoms with Crippen LogP contribution in [-0.2, 0) is 0 Å². The molecule has 112 valence electrons. The van der Waals surface area contributed by atoms with Gasteiger partial charge in [-0.15, -0.1) is 0 Å². The van der Waals surface area contributed by atoms with E-state index in [9.17, 15) is 0 Å². The average molecular weight is 294 g/mol. The third-order valence-electron chi connectivity index (χ3n) is 3.85. The predicted octanol–water partition coefficient (Wildman–Crippen LogP) is 3.81. The first-order valence-electron chi connectivity index (χ1n) is 7.70. The Labute approximate surface area is 126 Å². The SMILES string of the molecule is CCOc1cncc(C(CSC2CCCCC2)NC)c1. The molecule has 1 heterocycles. The van der Waals surface area contributed by atoms with Crippen LogP contribution in [-0.4, -0.2) is 29.6 Å². The molecule has 1 N–H and O–H groups in total. The molecule has 1 saturated carbocycles. The second kappa shape index (κ2) is 8.53. The van der Waals surface area contributed by atoms with Crippen LogP contribution in [0.5, 0.6) is 5.75 Å². The first-order chi connectivity index (χ1) is 9.83. The maximum absolute atomic E-state index is 5.54. The van der Waals surface area contributed by atoms with Crippen molar-refractivity contribution in [2.75, 3.05) is 19.4 Å². The molecule has 1 fully saturated rings. The van der Waals surface area contributed by atoms with E-state index in [0.717, 1.165) is 16.8 Å². The predicted molar refractivity (Wildman–Crippen MR) is 86.5 cm³/mol. The molecule has 1 unspecified atom stereocenters. The van der Waals surface area contributed by atoms with Crippen molar-refractivity contribution in [2.45, 2.75) is 50.3 Å². The number of hydrogen-bond donors (Lipinski definition) is 1. The van der Waals surface area contributed by atoms with Gasteiger partial charge in [0, 0.05) is 23.2 Å². The van der Waals surface area contributed by atoms with Crippen molar-refractivity contribution < 1.29 is 4.74 Å². The number of pyridine rings is 1. The third kappa shape index (κ3) is 4.67. The topological polar surface area (TPSA) is 34.1 Å². The van der Waals surface area contributed by atoms with Crippen molar-refractivity contribution in [2.24, 2.45) is 0 Å². The quantitative estimate of drug-likeness (QED) is 0.829. The number of aromatic nitrogens is 1. The largest absolute Gasteiger partial charge is 0.492 e. The van der Waals surface area contributed by atoms with Gasteiger partial charge in [-0.2, -0.15) is 11.8 Å². The summed E-state index contributed by atoms with van der Waals surface area (Å²) < 4.78 is 5.54. The van der Waals surface area contributed by atoms with Crippen LogP contribution >= 0.6 is 11.8 Å². The second-order valence-corrected chi connectivity index (χ2v) is 6.65. The van der Waals surface area contributed by atoms with Crippen molar-refractivity contribution >= 4 is 11.8 Å². The maximum atomic E-state index is 5.54.